The second kappa shape index (κ2) is 7.34. The van der Waals surface area contributed by atoms with Gasteiger partial charge < -0.3 is 15.2 Å². The Morgan fingerprint density at radius 2 is 1.59 bits per heavy atom. The van der Waals surface area contributed by atoms with Crippen molar-refractivity contribution in [1.29, 1.82) is 0 Å². The largest absolute Gasteiger partial charge is 0.378 e. The fourth-order valence-electron chi connectivity index (χ4n) is 2.90. The topological polar surface area (TPSA) is 44.5 Å². The highest BCUT2D eigenvalue weighted by Gasteiger charge is 2.18. The first-order valence-electron chi connectivity index (χ1n) is 7.33. The third-order valence-electron chi connectivity index (χ3n) is 4.01. The van der Waals surface area contributed by atoms with Crippen LogP contribution in [-0.2, 0) is 9.47 Å². The molecular weight excluding hydrogens is 214 g/mol. The molecule has 17 heavy (non-hydrogen) atoms. The first-order chi connectivity index (χ1) is 8.34. The van der Waals surface area contributed by atoms with Crippen LogP contribution in [0.25, 0.3) is 0 Å². The van der Waals surface area contributed by atoms with Crippen LogP contribution < -0.4 is 5.73 Å². The summed E-state index contributed by atoms with van der Waals surface area (Å²) in [5.41, 5.74) is 6.14. The van der Waals surface area contributed by atoms with E-state index in [-0.39, 0.29) is 0 Å². The van der Waals surface area contributed by atoms with E-state index in [9.17, 15) is 0 Å². The maximum absolute atomic E-state index is 6.14. The third kappa shape index (κ3) is 4.94. The van der Waals surface area contributed by atoms with Gasteiger partial charge in [-0.3, -0.25) is 0 Å². The van der Waals surface area contributed by atoms with Crippen molar-refractivity contribution >= 4 is 0 Å². The minimum Gasteiger partial charge on any atom is -0.378 e. The Morgan fingerprint density at radius 1 is 0.941 bits per heavy atom. The lowest BCUT2D eigenvalue weighted by molar-refractivity contribution is 0.0968. The molecule has 0 saturated carbocycles. The molecule has 3 atom stereocenters. The van der Waals surface area contributed by atoms with Crippen molar-refractivity contribution in [3.8, 4) is 0 Å². The molecule has 0 aromatic rings. The summed E-state index contributed by atoms with van der Waals surface area (Å²) in [6, 6.07) is 0.362. The Balaban J connectivity index is 1.46. The molecular formula is C14H27NO2. The van der Waals surface area contributed by atoms with Crippen LogP contribution in [0.5, 0.6) is 0 Å². The summed E-state index contributed by atoms with van der Waals surface area (Å²) in [5, 5.41) is 0. The molecule has 0 aromatic heterocycles. The quantitative estimate of drug-likeness (QED) is 0.745. The van der Waals surface area contributed by atoms with Gasteiger partial charge in [-0.15, -0.1) is 0 Å². The third-order valence-corrected chi connectivity index (χ3v) is 4.01. The lowest BCUT2D eigenvalue weighted by Crippen LogP contribution is -2.22. The molecule has 3 nitrogen and oxygen atoms in total. The van der Waals surface area contributed by atoms with Crippen molar-refractivity contribution < 1.29 is 9.47 Å². The zero-order valence-corrected chi connectivity index (χ0v) is 10.9. The minimum absolute atomic E-state index is 0.362. The van der Waals surface area contributed by atoms with Crippen molar-refractivity contribution in [2.24, 2.45) is 5.73 Å². The van der Waals surface area contributed by atoms with Crippen LogP contribution in [-0.4, -0.2) is 31.5 Å². The van der Waals surface area contributed by atoms with Crippen molar-refractivity contribution in [3.05, 3.63) is 0 Å². The minimum atomic E-state index is 0.362. The van der Waals surface area contributed by atoms with E-state index < -0.39 is 0 Å². The molecule has 2 rings (SSSR count). The molecule has 2 aliphatic rings. The normalized spacial score (nSPS) is 30.9. The Labute approximate surface area is 105 Å². The smallest absolute Gasteiger partial charge is 0.0576 e. The van der Waals surface area contributed by atoms with Gasteiger partial charge in [-0.05, 0) is 57.8 Å². The standard InChI is InChI=1S/C14H27NO2/c15-12(8-9-14-7-3-11-17-14)4-1-5-13-6-2-10-16-13/h12-14H,1-11,15H2. The Kier molecular flexibility index (Phi) is 5.75. The number of hydrogen-bond acceptors (Lipinski definition) is 3. The van der Waals surface area contributed by atoms with Crippen LogP contribution in [0, 0.1) is 0 Å². The number of rotatable bonds is 7. The van der Waals surface area contributed by atoms with Gasteiger partial charge in [-0.2, -0.15) is 0 Å². The van der Waals surface area contributed by atoms with Gasteiger partial charge in [0.1, 0.15) is 0 Å². The molecule has 0 aromatic carbocycles. The molecule has 2 aliphatic heterocycles. The zero-order chi connectivity index (χ0) is 11.9. The molecule has 3 unspecified atom stereocenters. The van der Waals surface area contributed by atoms with Crippen LogP contribution in [0.1, 0.15) is 57.8 Å². The van der Waals surface area contributed by atoms with Gasteiger partial charge in [0.05, 0.1) is 12.2 Å². The number of ether oxygens (including phenoxy) is 2. The van der Waals surface area contributed by atoms with E-state index in [0.29, 0.717) is 18.2 Å². The predicted octanol–water partition coefficient (Wildman–Crippen LogP) is 2.62. The van der Waals surface area contributed by atoms with Gasteiger partial charge in [-0.25, -0.2) is 0 Å². The fraction of sp³-hybridized carbons (Fsp3) is 1.00. The highest BCUT2D eigenvalue weighted by molar-refractivity contribution is 4.71. The molecule has 0 bridgehead atoms. The second-order valence-corrected chi connectivity index (χ2v) is 5.54. The van der Waals surface area contributed by atoms with Gasteiger partial charge in [-0.1, -0.05) is 0 Å². The highest BCUT2D eigenvalue weighted by Crippen LogP contribution is 2.20. The van der Waals surface area contributed by atoms with Crippen LogP contribution in [0.3, 0.4) is 0 Å². The summed E-state index contributed by atoms with van der Waals surface area (Å²) in [6.07, 6.45) is 11.8. The first kappa shape index (κ1) is 13.3. The molecule has 0 spiro atoms. The van der Waals surface area contributed by atoms with Gasteiger partial charge in [0.15, 0.2) is 0 Å². The predicted molar refractivity (Wildman–Crippen MR) is 69.0 cm³/mol. The molecule has 2 fully saturated rings. The molecule has 2 saturated heterocycles. The Bertz CT molecular complexity index is 198. The van der Waals surface area contributed by atoms with E-state index in [1.807, 2.05) is 0 Å². The van der Waals surface area contributed by atoms with Crippen LogP contribution in [0.15, 0.2) is 0 Å². The van der Waals surface area contributed by atoms with E-state index in [1.165, 1.54) is 38.5 Å². The molecule has 0 amide bonds. The SMILES string of the molecule is NC(CCCC1CCCO1)CCC1CCCO1. The summed E-state index contributed by atoms with van der Waals surface area (Å²) in [7, 11) is 0. The van der Waals surface area contributed by atoms with Crippen molar-refractivity contribution in [1.82, 2.24) is 0 Å². The van der Waals surface area contributed by atoms with Crippen molar-refractivity contribution in [3.63, 3.8) is 0 Å². The Hall–Kier alpha value is -0.120. The molecule has 3 heteroatoms. The van der Waals surface area contributed by atoms with Gasteiger partial charge >= 0.3 is 0 Å². The lowest BCUT2D eigenvalue weighted by atomic mass is 10.0. The molecule has 2 N–H and O–H groups in total. The second-order valence-electron chi connectivity index (χ2n) is 5.54. The van der Waals surface area contributed by atoms with E-state index in [1.54, 1.807) is 0 Å². The lowest BCUT2D eigenvalue weighted by Gasteiger charge is -2.15. The Morgan fingerprint density at radius 3 is 2.18 bits per heavy atom. The monoisotopic (exact) mass is 241 g/mol. The average Bonchev–Trinajstić information content (AvgIpc) is 2.99. The molecule has 0 aliphatic carbocycles. The van der Waals surface area contributed by atoms with Crippen molar-refractivity contribution in [2.45, 2.75) is 76.0 Å². The fourth-order valence-corrected chi connectivity index (χ4v) is 2.90. The van der Waals surface area contributed by atoms with Crippen LogP contribution in [0.2, 0.25) is 0 Å². The first-order valence-corrected chi connectivity index (χ1v) is 7.33. The highest BCUT2D eigenvalue weighted by atomic mass is 16.5. The van der Waals surface area contributed by atoms with Gasteiger partial charge in [0.2, 0.25) is 0 Å². The van der Waals surface area contributed by atoms with Gasteiger partial charge in [0.25, 0.3) is 0 Å². The summed E-state index contributed by atoms with van der Waals surface area (Å²) in [6.45, 7) is 1.93. The van der Waals surface area contributed by atoms with E-state index in [4.69, 9.17) is 15.2 Å². The number of nitrogens with two attached hydrogens (primary N) is 1. The van der Waals surface area contributed by atoms with Crippen LogP contribution in [0.4, 0.5) is 0 Å². The number of hydrogen-bond donors (Lipinski definition) is 1. The van der Waals surface area contributed by atoms with E-state index >= 15 is 0 Å². The average molecular weight is 241 g/mol. The summed E-state index contributed by atoms with van der Waals surface area (Å²) in [5.74, 6) is 0. The maximum Gasteiger partial charge on any atom is 0.0576 e. The van der Waals surface area contributed by atoms with Gasteiger partial charge in [0, 0.05) is 19.3 Å². The summed E-state index contributed by atoms with van der Waals surface area (Å²) in [4.78, 5) is 0. The summed E-state index contributed by atoms with van der Waals surface area (Å²) >= 11 is 0. The summed E-state index contributed by atoms with van der Waals surface area (Å²) < 4.78 is 11.2. The van der Waals surface area contributed by atoms with E-state index in [0.717, 1.165) is 32.5 Å². The van der Waals surface area contributed by atoms with Crippen molar-refractivity contribution in [2.75, 3.05) is 13.2 Å². The molecule has 0 radical (unpaired) electrons. The zero-order valence-electron chi connectivity index (χ0n) is 10.9. The van der Waals surface area contributed by atoms with E-state index in [2.05, 4.69) is 0 Å². The van der Waals surface area contributed by atoms with Crippen LogP contribution >= 0.6 is 0 Å². The maximum atomic E-state index is 6.14. The molecule has 100 valence electrons. The molecule has 2 heterocycles.